The van der Waals surface area contributed by atoms with E-state index in [4.69, 9.17) is 0 Å². The highest BCUT2D eigenvalue weighted by Gasteiger charge is 2.02. The van der Waals surface area contributed by atoms with Crippen molar-refractivity contribution in [2.24, 2.45) is 0 Å². The third-order valence-corrected chi connectivity index (χ3v) is 2.30. The van der Waals surface area contributed by atoms with Crippen LogP contribution in [0.15, 0.2) is 29.2 Å². The summed E-state index contributed by atoms with van der Waals surface area (Å²) in [5.41, 5.74) is 5.01. The molecule has 0 radical (unpaired) electrons. The maximum absolute atomic E-state index is 4.23. The van der Waals surface area contributed by atoms with Crippen molar-refractivity contribution in [2.75, 3.05) is 0 Å². The second kappa shape index (κ2) is 3.03. The maximum Gasteiger partial charge on any atom is 0.0829 e. The number of hydrogen-bond donors (Lipinski definition) is 0. The van der Waals surface area contributed by atoms with Gasteiger partial charge in [-0.2, -0.15) is 0 Å². The Hall–Kier alpha value is -1.22. The summed E-state index contributed by atoms with van der Waals surface area (Å²) in [7, 11) is 0. The fraction of sp³-hybridized carbons (Fsp3) is 0.111. The first-order valence-corrected chi connectivity index (χ1v) is 4.62. The lowest BCUT2D eigenvalue weighted by Gasteiger charge is -1.98. The molecule has 2 rings (SSSR count). The van der Waals surface area contributed by atoms with Gasteiger partial charge in [0.05, 0.1) is 11.2 Å². The van der Waals surface area contributed by atoms with Gasteiger partial charge >= 0.3 is 0 Å². The Kier molecular flexibility index (Phi) is 1.87. The first kappa shape index (κ1) is 7.43. The van der Waals surface area contributed by atoms with Crippen molar-refractivity contribution in [1.29, 1.82) is 0 Å². The lowest BCUT2D eigenvalue weighted by atomic mass is 10.1. The van der Waals surface area contributed by atoms with E-state index in [0.717, 1.165) is 17.0 Å². The molecule has 0 N–H and O–H groups in total. The SMILES string of the molecule is Cc1ncccc1-c1cscn1. The third-order valence-electron chi connectivity index (χ3n) is 1.72. The van der Waals surface area contributed by atoms with E-state index in [1.165, 1.54) is 0 Å². The van der Waals surface area contributed by atoms with E-state index in [-0.39, 0.29) is 0 Å². The van der Waals surface area contributed by atoms with E-state index in [9.17, 15) is 0 Å². The van der Waals surface area contributed by atoms with Crippen LogP contribution in [0.3, 0.4) is 0 Å². The van der Waals surface area contributed by atoms with Crippen LogP contribution in [0.5, 0.6) is 0 Å². The van der Waals surface area contributed by atoms with Crippen LogP contribution < -0.4 is 0 Å². The van der Waals surface area contributed by atoms with Gasteiger partial charge in [-0.25, -0.2) is 4.98 Å². The minimum atomic E-state index is 1.02. The maximum atomic E-state index is 4.23. The quantitative estimate of drug-likeness (QED) is 0.667. The normalized spacial score (nSPS) is 10.1. The van der Waals surface area contributed by atoms with Gasteiger partial charge in [0.15, 0.2) is 0 Å². The summed E-state index contributed by atoms with van der Waals surface area (Å²) < 4.78 is 0. The third kappa shape index (κ3) is 1.23. The van der Waals surface area contributed by atoms with Gasteiger partial charge in [0.25, 0.3) is 0 Å². The first-order chi connectivity index (χ1) is 5.88. The molecule has 0 aromatic carbocycles. The average Bonchev–Trinajstić information content (AvgIpc) is 2.57. The van der Waals surface area contributed by atoms with Crippen molar-refractivity contribution in [3.8, 4) is 11.3 Å². The summed E-state index contributed by atoms with van der Waals surface area (Å²) in [5.74, 6) is 0. The van der Waals surface area contributed by atoms with E-state index >= 15 is 0 Å². The summed E-state index contributed by atoms with van der Waals surface area (Å²) in [6.45, 7) is 1.99. The zero-order chi connectivity index (χ0) is 8.39. The molecule has 60 valence electrons. The summed E-state index contributed by atoms with van der Waals surface area (Å²) in [6.07, 6.45) is 1.80. The Balaban J connectivity index is 2.55. The molecular formula is C9H8N2S. The van der Waals surface area contributed by atoms with Crippen molar-refractivity contribution < 1.29 is 0 Å². The van der Waals surface area contributed by atoms with E-state index < -0.39 is 0 Å². The van der Waals surface area contributed by atoms with E-state index in [0.29, 0.717) is 0 Å². The minimum Gasteiger partial charge on any atom is -0.261 e. The molecule has 0 saturated heterocycles. The Morgan fingerprint density at radius 1 is 1.33 bits per heavy atom. The number of thiazole rings is 1. The second-order valence-electron chi connectivity index (χ2n) is 2.51. The molecular weight excluding hydrogens is 168 g/mol. The van der Waals surface area contributed by atoms with Crippen LogP contribution in [0.4, 0.5) is 0 Å². The van der Waals surface area contributed by atoms with Crippen LogP contribution in [0, 0.1) is 6.92 Å². The average molecular weight is 176 g/mol. The summed E-state index contributed by atoms with van der Waals surface area (Å²) >= 11 is 1.60. The van der Waals surface area contributed by atoms with Crippen molar-refractivity contribution in [3.05, 3.63) is 34.9 Å². The molecule has 0 amide bonds. The van der Waals surface area contributed by atoms with Crippen molar-refractivity contribution in [2.45, 2.75) is 6.92 Å². The van der Waals surface area contributed by atoms with Crippen molar-refractivity contribution in [1.82, 2.24) is 9.97 Å². The van der Waals surface area contributed by atoms with Crippen LogP contribution in [0.25, 0.3) is 11.3 Å². The monoisotopic (exact) mass is 176 g/mol. The first-order valence-electron chi connectivity index (χ1n) is 3.68. The fourth-order valence-electron chi connectivity index (χ4n) is 1.10. The number of rotatable bonds is 1. The van der Waals surface area contributed by atoms with Crippen LogP contribution >= 0.6 is 11.3 Å². The standard InChI is InChI=1S/C9H8N2S/c1-7-8(3-2-4-10-7)9-5-12-6-11-9/h2-6H,1H3. The van der Waals surface area contributed by atoms with Gasteiger partial charge in [0.2, 0.25) is 0 Å². The Morgan fingerprint density at radius 3 is 2.92 bits per heavy atom. The zero-order valence-corrected chi connectivity index (χ0v) is 7.51. The molecule has 0 aliphatic heterocycles. The number of nitrogens with zero attached hydrogens (tertiary/aromatic N) is 2. The van der Waals surface area contributed by atoms with E-state index in [2.05, 4.69) is 9.97 Å². The van der Waals surface area contributed by atoms with Gasteiger partial charge in [0, 0.05) is 22.8 Å². The molecule has 0 saturated carbocycles. The molecule has 0 atom stereocenters. The largest absolute Gasteiger partial charge is 0.261 e. The number of pyridine rings is 1. The molecule has 3 heteroatoms. The Bertz CT molecular complexity index is 368. The molecule has 2 nitrogen and oxygen atoms in total. The predicted molar refractivity (Wildman–Crippen MR) is 50.1 cm³/mol. The molecule has 0 spiro atoms. The van der Waals surface area contributed by atoms with Gasteiger partial charge in [-0.3, -0.25) is 4.98 Å². The fourth-order valence-corrected chi connectivity index (χ4v) is 1.65. The molecule has 0 unspecified atom stereocenters. The molecule has 12 heavy (non-hydrogen) atoms. The number of aromatic nitrogens is 2. The van der Waals surface area contributed by atoms with Crippen LogP contribution in [-0.4, -0.2) is 9.97 Å². The summed E-state index contributed by atoms with van der Waals surface area (Å²) in [5, 5.41) is 2.03. The highest BCUT2D eigenvalue weighted by Crippen LogP contribution is 2.20. The van der Waals surface area contributed by atoms with Crippen LogP contribution in [0.1, 0.15) is 5.69 Å². The van der Waals surface area contributed by atoms with Crippen molar-refractivity contribution in [3.63, 3.8) is 0 Å². The molecule has 2 aromatic heterocycles. The molecule has 0 fully saturated rings. The van der Waals surface area contributed by atoms with Gasteiger partial charge in [-0.05, 0) is 19.1 Å². The van der Waals surface area contributed by atoms with Crippen LogP contribution in [-0.2, 0) is 0 Å². The van der Waals surface area contributed by atoms with E-state index in [1.54, 1.807) is 17.5 Å². The Morgan fingerprint density at radius 2 is 2.25 bits per heavy atom. The summed E-state index contributed by atoms with van der Waals surface area (Å²) in [6, 6.07) is 3.97. The molecule has 2 aromatic rings. The number of hydrogen-bond acceptors (Lipinski definition) is 3. The number of aryl methyl sites for hydroxylation is 1. The van der Waals surface area contributed by atoms with E-state index in [1.807, 2.05) is 29.9 Å². The molecule has 2 heterocycles. The smallest absolute Gasteiger partial charge is 0.0829 e. The summed E-state index contributed by atoms with van der Waals surface area (Å²) in [4.78, 5) is 8.43. The second-order valence-corrected chi connectivity index (χ2v) is 3.23. The van der Waals surface area contributed by atoms with Gasteiger partial charge in [-0.15, -0.1) is 11.3 Å². The minimum absolute atomic E-state index is 1.02. The van der Waals surface area contributed by atoms with Gasteiger partial charge < -0.3 is 0 Å². The lowest BCUT2D eigenvalue weighted by molar-refractivity contribution is 1.19. The van der Waals surface area contributed by atoms with Crippen molar-refractivity contribution >= 4 is 11.3 Å². The van der Waals surface area contributed by atoms with Gasteiger partial charge in [-0.1, -0.05) is 0 Å². The molecule has 0 bridgehead atoms. The molecule has 0 aliphatic carbocycles. The molecule has 0 aliphatic rings. The topological polar surface area (TPSA) is 25.8 Å². The highest BCUT2D eigenvalue weighted by atomic mass is 32.1. The highest BCUT2D eigenvalue weighted by molar-refractivity contribution is 7.07. The zero-order valence-electron chi connectivity index (χ0n) is 6.69. The predicted octanol–water partition coefficient (Wildman–Crippen LogP) is 2.51. The van der Waals surface area contributed by atoms with Crippen LogP contribution in [0.2, 0.25) is 0 Å². The van der Waals surface area contributed by atoms with Gasteiger partial charge in [0.1, 0.15) is 0 Å². The Labute approximate surface area is 74.9 Å². The lowest BCUT2D eigenvalue weighted by Crippen LogP contribution is -1.85.